The van der Waals surface area contributed by atoms with E-state index in [2.05, 4.69) is 34.2 Å². The third-order valence-electron chi connectivity index (χ3n) is 2.46. The van der Waals surface area contributed by atoms with Crippen molar-refractivity contribution < 1.29 is 0 Å². The molecule has 0 aliphatic heterocycles. The topological polar surface area (TPSA) is 55.6 Å². The van der Waals surface area contributed by atoms with Gasteiger partial charge >= 0.3 is 0 Å². The van der Waals surface area contributed by atoms with Gasteiger partial charge in [0.05, 0.1) is 5.69 Å². The van der Waals surface area contributed by atoms with E-state index >= 15 is 0 Å². The number of rotatable bonds is 3. The second-order valence-corrected chi connectivity index (χ2v) is 4.28. The van der Waals surface area contributed by atoms with E-state index in [-0.39, 0.29) is 0 Å². The van der Waals surface area contributed by atoms with Crippen LogP contribution in [-0.4, -0.2) is 26.8 Å². The van der Waals surface area contributed by atoms with Gasteiger partial charge in [-0.1, -0.05) is 13.8 Å². The maximum Gasteiger partial charge on any atom is 0.159 e. The van der Waals surface area contributed by atoms with E-state index in [9.17, 15) is 0 Å². The molecule has 0 amide bonds. The van der Waals surface area contributed by atoms with Gasteiger partial charge in [-0.25, -0.2) is 14.6 Å². The lowest BCUT2D eigenvalue weighted by molar-refractivity contribution is 0.744. The minimum atomic E-state index is 0.290. The first-order chi connectivity index (χ1) is 8.10. The molecule has 0 bridgehead atoms. The van der Waals surface area contributed by atoms with Gasteiger partial charge in [-0.3, -0.25) is 0 Å². The van der Waals surface area contributed by atoms with E-state index in [0.717, 1.165) is 23.2 Å². The largest absolute Gasteiger partial charge is 0.373 e. The summed E-state index contributed by atoms with van der Waals surface area (Å²) in [7, 11) is 1.85. The van der Waals surface area contributed by atoms with Gasteiger partial charge in [0, 0.05) is 25.2 Å². The molecule has 0 saturated carbocycles. The summed E-state index contributed by atoms with van der Waals surface area (Å²) in [4.78, 5) is 8.93. The molecule has 0 fully saturated rings. The summed E-state index contributed by atoms with van der Waals surface area (Å²) in [5.74, 6) is 2.71. The summed E-state index contributed by atoms with van der Waals surface area (Å²) in [5, 5.41) is 7.40. The van der Waals surface area contributed by atoms with Gasteiger partial charge in [-0.05, 0) is 13.0 Å². The zero-order valence-electron chi connectivity index (χ0n) is 10.6. The van der Waals surface area contributed by atoms with Crippen LogP contribution in [0.2, 0.25) is 0 Å². The van der Waals surface area contributed by atoms with Crippen molar-refractivity contribution >= 4 is 5.82 Å². The smallest absolute Gasteiger partial charge is 0.159 e. The molecule has 0 aliphatic rings. The van der Waals surface area contributed by atoms with Crippen LogP contribution in [0.15, 0.2) is 18.3 Å². The van der Waals surface area contributed by atoms with Crippen LogP contribution in [0, 0.1) is 6.92 Å². The Balaban J connectivity index is 2.49. The van der Waals surface area contributed by atoms with Crippen LogP contribution in [0.5, 0.6) is 0 Å². The van der Waals surface area contributed by atoms with Gasteiger partial charge in [-0.2, -0.15) is 5.10 Å². The van der Waals surface area contributed by atoms with E-state index in [0.29, 0.717) is 5.92 Å². The number of hydrogen-bond acceptors (Lipinski definition) is 4. The lowest BCUT2D eigenvalue weighted by Crippen LogP contribution is -2.07. The fraction of sp³-hybridized carbons (Fsp3) is 0.417. The number of hydrogen-bond donors (Lipinski definition) is 1. The average molecular weight is 231 g/mol. The fourth-order valence-electron chi connectivity index (χ4n) is 1.50. The molecule has 0 aromatic carbocycles. The Kier molecular flexibility index (Phi) is 3.08. The fourth-order valence-corrected chi connectivity index (χ4v) is 1.50. The minimum absolute atomic E-state index is 0.290. The molecule has 5 nitrogen and oxygen atoms in total. The van der Waals surface area contributed by atoms with Crippen molar-refractivity contribution in [1.82, 2.24) is 19.7 Å². The van der Waals surface area contributed by atoms with Crippen LogP contribution in [-0.2, 0) is 0 Å². The van der Waals surface area contributed by atoms with Crippen LogP contribution in [0.4, 0.5) is 5.82 Å². The molecule has 2 rings (SSSR count). The van der Waals surface area contributed by atoms with E-state index in [1.165, 1.54) is 0 Å². The molecule has 0 saturated heterocycles. The Morgan fingerprint density at radius 3 is 2.59 bits per heavy atom. The van der Waals surface area contributed by atoms with Crippen molar-refractivity contribution in [1.29, 1.82) is 0 Å². The maximum atomic E-state index is 4.51. The Morgan fingerprint density at radius 1 is 1.29 bits per heavy atom. The van der Waals surface area contributed by atoms with Gasteiger partial charge in [0.25, 0.3) is 0 Å². The molecule has 0 unspecified atom stereocenters. The molecular weight excluding hydrogens is 214 g/mol. The lowest BCUT2D eigenvalue weighted by atomic mass is 10.2. The highest BCUT2D eigenvalue weighted by atomic mass is 15.3. The molecule has 0 atom stereocenters. The van der Waals surface area contributed by atoms with Crippen molar-refractivity contribution in [3.8, 4) is 5.82 Å². The second kappa shape index (κ2) is 4.53. The van der Waals surface area contributed by atoms with Crippen LogP contribution >= 0.6 is 0 Å². The molecule has 0 radical (unpaired) electrons. The standard InChI is InChI=1S/C12H17N5/c1-8(2)12-14-10(13-4)7-11(15-12)17-6-5-9(3)16-17/h5-8H,1-4H3,(H,13,14,15). The molecule has 0 aliphatic carbocycles. The number of nitrogens with one attached hydrogen (secondary N) is 1. The van der Waals surface area contributed by atoms with Crippen molar-refractivity contribution in [3.05, 3.63) is 29.8 Å². The summed E-state index contributed by atoms with van der Waals surface area (Å²) in [6.07, 6.45) is 1.90. The maximum absolute atomic E-state index is 4.51. The predicted octanol–water partition coefficient (Wildman–Crippen LogP) is 2.14. The van der Waals surface area contributed by atoms with Crippen LogP contribution < -0.4 is 5.32 Å². The quantitative estimate of drug-likeness (QED) is 0.879. The van der Waals surface area contributed by atoms with Crippen molar-refractivity contribution in [2.75, 3.05) is 12.4 Å². The number of aryl methyl sites for hydroxylation is 1. The first kappa shape index (κ1) is 11.6. The van der Waals surface area contributed by atoms with Crippen molar-refractivity contribution in [2.24, 2.45) is 0 Å². The molecule has 2 aromatic rings. The first-order valence-electron chi connectivity index (χ1n) is 5.69. The minimum Gasteiger partial charge on any atom is -0.373 e. The van der Waals surface area contributed by atoms with Gasteiger partial charge in [0.2, 0.25) is 0 Å². The van der Waals surface area contributed by atoms with Crippen LogP contribution in [0.3, 0.4) is 0 Å². The zero-order chi connectivity index (χ0) is 12.4. The normalized spacial score (nSPS) is 10.9. The highest BCUT2D eigenvalue weighted by molar-refractivity contribution is 5.41. The van der Waals surface area contributed by atoms with Gasteiger partial charge in [0.15, 0.2) is 5.82 Å². The van der Waals surface area contributed by atoms with E-state index < -0.39 is 0 Å². The van der Waals surface area contributed by atoms with Gasteiger partial charge in [-0.15, -0.1) is 0 Å². The highest BCUT2D eigenvalue weighted by Crippen LogP contribution is 2.16. The summed E-state index contributed by atoms with van der Waals surface area (Å²) < 4.78 is 1.77. The second-order valence-electron chi connectivity index (χ2n) is 4.28. The summed E-state index contributed by atoms with van der Waals surface area (Å²) in [6, 6.07) is 3.84. The molecule has 2 aromatic heterocycles. The highest BCUT2D eigenvalue weighted by Gasteiger charge is 2.09. The molecule has 1 N–H and O–H groups in total. The van der Waals surface area contributed by atoms with E-state index in [4.69, 9.17) is 0 Å². The predicted molar refractivity (Wildman–Crippen MR) is 67.5 cm³/mol. The Labute approximate surface area is 101 Å². The summed E-state index contributed by atoms with van der Waals surface area (Å²) >= 11 is 0. The molecular formula is C12H17N5. The van der Waals surface area contributed by atoms with Crippen molar-refractivity contribution in [3.63, 3.8) is 0 Å². The van der Waals surface area contributed by atoms with E-state index in [1.54, 1.807) is 4.68 Å². The molecule has 5 heteroatoms. The number of nitrogens with zero attached hydrogens (tertiary/aromatic N) is 4. The lowest BCUT2D eigenvalue weighted by Gasteiger charge is -2.09. The van der Waals surface area contributed by atoms with Gasteiger partial charge in [0.1, 0.15) is 11.6 Å². The molecule has 90 valence electrons. The van der Waals surface area contributed by atoms with Crippen LogP contribution in [0.25, 0.3) is 5.82 Å². The Bertz CT molecular complexity index is 515. The Hall–Kier alpha value is -1.91. The number of aromatic nitrogens is 4. The third kappa shape index (κ3) is 2.43. The SMILES string of the molecule is CNc1cc(-n2ccc(C)n2)nc(C(C)C)n1. The van der Waals surface area contributed by atoms with Crippen LogP contribution in [0.1, 0.15) is 31.3 Å². The summed E-state index contributed by atoms with van der Waals surface area (Å²) in [6.45, 7) is 6.11. The monoisotopic (exact) mass is 231 g/mol. The molecule has 2 heterocycles. The van der Waals surface area contributed by atoms with Gasteiger partial charge < -0.3 is 5.32 Å². The number of anilines is 1. The third-order valence-corrected chi connectivity index (χ3v) is 2.46. The summed E-state index contributed by atoms with van der Waals surface area (Å²) in [5.41, 5.74) is 0.973. The average Bonchev–Trinajstić information content (AvgIpc) is 2.75. The molecule has 17 heavy (non-hydrogen) atoms. The zero-order valence-corrected chi connectivity index (χ0v) is 10.6. The molecule has 0 spiro atoms. The first-order valence-corrected chi connectivity index (χ1v) is 5.69. The van der Waals surface area contributed by atoms with E-state index in [1.807, 2.05) is 32.3 Å². The Morgan fingerprint density at radius 2 is 2.06 bits per heavy atom. The van der Waals surface area contributed by atoms with Crippen molar-refractivity contribution in [2.45, 2.75) is 26.7 Å².